The number of nitrogens with zero attached hydrogens (tertiary/aromatic N) is 3. The summed E-state index contributed by atoms with van der Waals surface area (Å²) >= 11 is 6.04. The first-order valence-corrected chi connectivity index (χ1v) is 8.96. The standard InChI is InChI=1S/C20H15ClN4O3/c21-14-8-4-5-9-15(14)23-16(26)10-11-25-12-22-19-17(20(25)27)18(24-28-19)13-6-2-1-3-7-13/h1-9,12H,10-11H2,(H,23,26). The van der Waals surface area contributed by atoms with Crippen molar-refractivity contribution in [3.63, 3.8) is 0 Å². The van der Waals surface area contributed by atoms with Crippen LogP contribution in [-0.2, 0) is 11.3 Å². The first kappa shape index (κ1) is 17.9. The molecule has 0 atom stereocenters. The maximum absolute atomic E-state index is 12.9. The number of fused-ring (bicyclic) bond motifs is 1. The molecule has 0 spiro atoms. The van der Waals surface area contributed by atoms with Gasteiger partial charge in [0.1, 0.15) is 17.4 Å². The average Bonchev–Trinajstić information content (AvgIpc) is 3.15. The van der Waals surface area contributed by atoms with E-state index >= 15 is 0 Å². The molecule has 7 nitrogen and oxygen atoms in total. The molecule has 1 N–H and O–H groups in total. The molecule has 0 saturated carbocycles. The minimum Gasteiger partial charge on any atom is -0.335 e. The Morgan fingerprint density at radius 3 is 2.64 bits per heavy atom. The normalized spacial score (nSPS) is 10.9. The van der Waals surface area contributed by atoms with Crippen LogP contribution in [0.2, 0.25) is 5.02 Å². The van der Waals surface area contributed by atoms with E-state index in [0.717, 1.165) is 5.56 Å². The number of halogens is 1. The zero-order valence-electron chi connectivity index (χ0n) is 14.6. The maximum atomic E-state index is 12.9. The number of rotatable bonds is 5. The van der Waals surface area contributed by atoms with Gasteiger partial charge in [-0.15, -0.1) is 0 Å². The van der Waals surface area contributed by atoms with E-state index < -0.39 is 0 Å². The molecule has 2 aromatic heterocycles. The molecule has 8 heteroatoms. The molecule has 2 heterocycles. The van der Waals surface area contributed by atoms with Crippen molar-refractivity contribution in [1.29, 1.82) is 0 Å². The predicted octanol–water partition coefficient (Wildman–Crippen LogP) is 3.73. The summed E-state index contributed by atoms with van der Waals surface area (Å²) in [7, 11) is 0. The third kappa shape index (κ3) is 3.52. The van der Waals surface area contributed by atoms with Crippen LogP contribution in [0.3, 0.4) is 0 Å². The van der Waals surface area contributed by atoms with Crippen LogP contribution in [0, 0.1) is 0 Å². The second-order valence-corrected chi connectivity index (χ2v) is 6.51. The van der Waals surface area contributed by atoms with Crippen LogP contribution in [0.25, 0.3) is 22.4 Å². The van der Waals surface area contributed by atoms with Gasteiger partial charge >= 0.3 is 0 Å². The van der Waals surface area contributed by atoms with E-state index in [1.807, 2.05) is 30.3 Å². The van der Waals surface area contributed by atoms with Gasteiger partial charge in [-0.2, -0.15) is 0 Å². The van der Waals surface area contributed by atoms with Crippen LogP contribution < -0.4 is 10.9 Å². The third-order valence-electron chi connectivity index (χ3n) is 4.24. The number of amides is 1. The van der Waals surface area contributed by atoms with Crippen LogP contribution in [-0.4, -0.2) is 20.6 Å². The van der Waals surface area contributed by atoms with Gasteiger partial charge in [0.25, 0.3) is 11.3 Å². The van der Waals surface area contributed by atoms with E-state index in [9.17, 15) is 9.59 Å². The summed E-state index contributed by atoms with van der Waals surface area (Å²) in [4.78, 5) is 29.2. The van der Waals surface area contributed by atoms with Crippen molar-refractivity contribution in [2.75, 3.05) is 5.32 Å². The summed E-state index contributed by atoms with van der Waals surface area (Å²) in [6.45, 7) is 0.164. The molecule has 28 heavy (non-hydrogen) atoms. The van der Waals surface area contributed by atoms with Gasteiger partial charge in [0.05, 0.1) is 10.7 Å². The lowest BCUT2D eigenvalue weighted by molar-refractivity contribution is -0.116. The molecule has 0 aliphatic carbocycles. The summed E-state index contributed by atoms with van der Waals surface area (Å²) in [6.07, 6.45) is 1.44. The van der Waals surface area contributed by atoms with E-state index in [-0.39, 0.29) is 30.1 Å². The van der Waals surface area contributed by atoms with Crippen LogP contribution in [0.5, 0.6) is 0 Å². The zero-order chi connectivity index (χ0) is 19.5. The van der Waals surface area contributed by atoms with Gasteiger partial charge in [0.15, 0.2) is 0 Å². The van der Waals surface area contributed by atoms with Crippen molar-refractivity contribution in [3.05, 3.63) is 76.3 Å². The molecule has 4 aromatic rings. The zero-order valence-corrected chi connectivity index (χ0v) is 15.4. The van der Waals surface area contributed by atoms with Gasteiger partial charge in [-0.25, -0.2) is 4.98 Å². The lowest BCUT2D eigenvalue weighted by atomic mass is 10.1. The van der Waals surface area contributed by atoms with Crippen molar-refractivity contribution in [2.24, 2.45) is 0 Å². The molecule has 0 unspecified atom stereocenters. The molecular formula is C20H15ClN4O3. The Hall–Kier alpha value is -3.45. The molecule has 4 rings (SSSR count). The number of benzene rings is 2. The number of aryl methyl sites for hydroxylation is 1. The number of hydrogen-bond donors (Lipinski definition) is 1. The first-order chi connectivity index (χ1) is 13.6. The first-order valence-electron chi connectivity index (χ1n) is 8.58. The highest BCUT2D eigenvalue weighted by Gasteiger charge is 2.17. The van der Waals surface area contributed by atoms with Crippen molar-refractivity contribution in [2.45, 2.75) is 13.0 Å². The Morgan fingerprint density at radius 2 is 1.86 bits per heavy atom. The number of carbonyl (C=O) groups is 1. The van der Waals surface area contributed by atoms with Crippen molar-refractivity contribution in [1.82, 2.24) is 14.7 Å². The number of anilines is 1. The second-order valence-electron chi connectivity index (χ2n) is 6.10. The fourth-order valence-electron chi connectivity index (χ4n) is 2.83. The fraction of sp³-hybridized carbons (Fsp3) is 0.100. The van der Waals surface area contributed by atoms with E-state index in [4.69, 9.17) is 16.1 Å². The maximum Gasteiger partial charge on any atom is 0.266 e. The SMILES string of the molecule is O=C(CCn1cnc2onc(-c3ccccc3)c2c1=O)Nc1ccccc1Cl. The highest BCUT2D eigenvalue weighted by Crippen LogP contribution is 2.24. The van der Waals surface area contributed by atoms with Gasteiger partial charge < -0.3 is 9.84 Å². The van der Waals surface area contributed by atoms with Gasteiger partial charge in [-0.1, -0.05) is 59.2 Å². The van der Waals surface area contributed by atoms with Gasteiger partial charge in [0.2, 0.25) is 5.91 Å². The summed E-state index contributed by atoms with van der Waals surface area (Å²) < 4.78 is 6.56. The molecule has 0 radical (unpaired) electrons. The summed E-state index contributed by atoms with van der Waals surface area (Å²) in [6, 6.07) is 16.2. The minimum atomic E-state index is -0.310. The third-order valence-corrected chi connectivity index (χ3v) is 4.57. The van der Waals surface area contributed by atoms with Gasteiger partial charge in [-0.3, -0.25) is 14.2 Å². The predicted molar refractivity (Wildman–Crippen MR) is 106 cm³/mol. The lowest BCUT2D eigenvalue weighted by Gasteiger charge is -2.08. The molecular weight excluding hydrogens is 380 g/mol. The largest absolute Gasteiger partial charge is 0.335 e. The quantitative estimate of drug-likeness (QED) is 0.557. The molecule has 2 aromatic carbocycles. The molecule has 0 bridgehead atoms. The Kier molecular flexibility index (Phi) is 4.90. The Balaban J connectivity index is 1.56. The Labute approximate surface area is 164 Å². The van der Waals surface area contributed by atoms with Crippen molar-refractivity contribution in [3.8, 4) is 11.3 Å². The van der Waals surface area contributed by atoms with E-state index in [1.54, 1.807) is 24.3 Å². The highest BCUT2D eigenvalue weighted by molar-refractivity contribution is 6.33. The number of nitrogens with one attached hydrogen (secondary N) is 1. The summed E-state index contributed by atoms with van der Waals surface area (Å²) in [5.41, 5.74) is 1.58. The van der Waals surface area contributed by atoms with Gasteiger partial charge in [0, 0.05) is 18.5 Å². The molecule has 0 aliphatic rings. The highest BCUT2D eigenvalue weighted by atomic mass is 35.5. The van der Waals surface area contributed by atoms with Gasteiger partial charge in [-0.05, 0) is 12.1 Å². The van der Waals surface area contributed by atoms with Crippen LogP contribution in [0.4, 0.5) is 5.69 Å². The number of aromatic nitrogens is 3. The monoisotopic (exact) mass is 394 g/mol. The minimum absolute atomic E-state index is 0.0876. The van der Waals surface area contributed by atoms with Crippen LogP contribution in [0.15, 0.2) is 70.2 Å². The number of para-hydroxylation sites is 1. The van der Waals surface area contributed by atoms with E-state index in [2.05, 4.69) is 15.5 Å². The topological polar surface area (TPSA) is 90.0 Å². The molecule has 0 saturated heterocycles. The fourth-order valence-corrected chi connectivity index (χ4v) is 3.01. The van der Waals surface area contributed by atoms with Crippen LogP contribution in [0.1, 0.15) is 6.42 Å². The molecule has 140 valence electrons. The number of carbonyl (C=O) groups excluding carboxylic acids is 1. The van der Waals surface area contributed by atoms with Crippen molar-refractivity contribution >= 4 is 34.3 Å². The lowest BCUT2D eigenvalue weighted by Crippen LogP contribution is -2.23. The Bertz CT molecular complexity index is 1200. The second kappa shape index (κ2) is 7.66. The summed E-state index contributed by atoms with van der Waals surface area (Å²) in [5.74, 6) is -0.256. The molecule has 0 aliphatic heterocycles. The van der Waals surface area contributed by atoms with E-state index in [1.165, 1.54) is 10.9 Å². The Morgan fingerprint density at radius 1 is 1.11 bits per heavy atom. The average molecular weight is 395 g/mol. The van der Waals surface area contributed by atoms with E-state index in [0.29, 0.717) is 21.8 Å². The molecule has 1 amide bonds. The summed E-state index contributed by atoms with van der Waals surface area (Å²) in [5, 5.41) is 7.46. The number of hydrogen-bond acceptors (Lipinski definition) is 5. The molecule has 0 fully saturated rings. The van der Waals surface area contributed by atoms with Crippen LogP contribution >= 0.6 is 11.6 Å². The smallest absolute Gasteiger partial charge is 0.266 e. The van der Waals surface area contributed by atoms with Crippen molar-refractivity contribution < 1.29 is 9.32 Å².